The topological polar surface area (TPSA) is 112 Å². The third-order valence-electron chi connectivity index (χ3n) is 8.55. The molecule has 4 heterocycles. The molecule has 1 aromatic carbocycles. The van der Waals surface area contributed by atoms with Crippen molar-refractivity contribution in [2.45, 2.75) is 49.9 Å². The highest BCUT2D eigenvalue weighted by Crippen LogP contribution is 2.48. The Balaban J connectivity index is 1.20. The summed E-state index contributed by atoms with van der Waals surface area (Å²) in [5.74, 6) is 0.333. The van der Waals surface area contributed by atoms with Crippen LogP contribution in [0.1, 0.15) is 71.8 Å². The quantitative estimate of drug-likeness (QED) is 0.343. The summed E-state index contributed by atoms with van der Waals surface area (Å²) in [5, 5.41) is 7.75. The van der Waals surface area contributed by atoms with E-state index in [4.69, 9.17) is 15.5 Å². The van der Waals surface area contributed by atoms with Gasteiger partial charge in [0.1, 0.15) is 29.3 Å². The van der Waals surface area contributed by atoms with Crippen LogP contribution in [0, 0.1) is 11.7 Å². The summed E-state index contributed by atoms with van der Waals surface area (Å²) in [6, 6.07) is 13.7. The van der Waals surface area contributed by atoms with Gasteiger partial charge < -0.3 is 15.8 Å². The lowest BCUT2D eigenvalue weighted by Gasteiger charge is -2.22. The second-order valence-corrected chi connectivity index (χ2v) is 11.5. The van der Waals surface area contributed by atoms with Crippen molar-refractivity contribution in [1.82, 2.24) is 19.9 Å². The number of rotatable bonds is 8. The van der Waals surface area contributed by atoms with Crippen molar-refractivity contribution in [3.8, 4) is 17.0 Å². The van der Waals surface area contributed by atoms with Crippen LogP contribution in [-0.2, 0) is 10.2 Å². The van der Waals surface area contributed by atoms with Crippen molar-refractivity contribution >= 4 is 17.3 Å². The largest absolute Gasteiger partial charge is 0.489 e. The molecule has 7 rings (SSSR count). The number of halogens is 1. The second-order valence-electron chi connectivity index (χ2n) is 11.5. The maximum atomic E-state index is 13.7. The van der Waals surface area contributed by atoms with Gasteiger partial charge >= 0.3 is 0 Å². The van der Waals surface area contributed by atoms with E-state index in [0.29, 0.717) is 46.5 Å². The van der Waals surface area contributed by atoms with E-state index >= 15 is 0 Å². The van der Waals surface area contributed by atoms with Crippen LogP contribution in [0.4, 0.5) is 4.39 Å². The number of pyridine rings is 2. The fourth-order valence-electron chi connectivity index (χ4n) is 5.65. The normalized spacial score (nSPS) is 20.6. The summed E-state index contributed by atoms with van der Waals surface area (Å²) in [7, 11) is 0. The average molecular weight is 540 g/mol. The number of carbonyl (C=O) groups excluding carboxylic acids is 2. The molecule has 0 spiro atoms. The number of nitrogens with two attached hydrogens (primary N) is 1. The zero-order chi connectivity index (χ0) is 27.6. The number of hydrogen-bond donors (Lipinski definition) is 2. The Hall–Kier alpha value is -4.27. The Morgan fingerprint density at radius 3 is 2.62 bits per heavy atom. The van der Waals surface area contributed by atoms with Crippen LogP contribution in [0.5, 0.6) is 5.75 Å². The number of benzene rings is 1. The van der Waals surface area contributed by atoms with Crippen LogP contribution in [0.2, 0.25) is 0 Å². The molecule has 204 valence electrons. The molecule has 3 aliphatic rings. The molecule has 4 aromatic rings. The standard InChI is InChI=1S/C31H30FN5O3/c1-31(30(33)39)16-40-28-24(31)14-26(35-27(28)19-6-8-21(32)9-7-19)23(17-2-3-17)15-34-29(38)20-10-11-37-22(12-20)13-25(36-37)18-4-5-18/h6-14,17-18,23H,2-5,15-16H2,1H3,(H2,33,39)(H,34,38)/t23-,31-/m0/s1. The van der Waals surface area contributed by atoms with E-state index in [0.717, 1.165) is 29.7 Å². The molecule has 9 heteroatoms. The Kier molecular flexibility index (Phi) is 5.66. The molecule has 2 atom stereocenters. The zero-order valence-corrected chi connectivity index (χ0v) is 22.2. The number of hydrogen-bond acceptors (Lipinski definition) is 5. The molecular formula is C31H30FN5O3. The van der Waals surface area contributed by atoms with Gasteiger partial charge in [-0.15, -0.1) is 0 Å². The maximum Gasteiger partial charge on any atom is 0.251 e. The fraction of sp³-hybridized carbons (Fsp3) is 0.355. The first-order valence-electron chi connectivity index (χ1n) is 13.8. The number of aromatic nitrogens is 3. The first kappa shape index (κ1) is 24.7. The van der Waals surface area contributed by atoms with Gasteiger partial charge in [0.05, 0.1) is 11.2 Å². The number of carbonyl (C=O) groups is 2. The van der Waals surface area contributed by atoms with E-state index < -0.39 is 11.3 Å². The van der Waals surface area contributed by atoms with Crippen LogP contribution in [0.3, 0.4) is 0 Å². The van der Waals surface area contributed by atoms with Gasteiger partial charge in [0, 0.05) is 47.0 Å². The molecule has 2 aliphatic carbocycles. The first-order chi connectivity index (χ1) is 19.3. The minimum Gasteiger partial charge on any atom is -0.489 e. The van der Waals surface area contributed by atoms with Crippen molar-refractivity contribution in [1.29, 1.82) is 0 Å². The van der Waals surface area contributed by atoms with Gasteiger partial charge in [0.15, 0.2) is 0 Å². The molecule has 2 fully saturated rings. The summed E-state index contributed by atoms with van der Waals surface area (Å²) >= 11 is 0. The number of nitrogens with zero attached hydrogens (tertiary/aromatic N) is 3. The molecule has 0 radical (unpaired) electrons. The first-order valence-corrected chi connectivity index (χ1v) is 13.8. The number of primary amides is 1. The van der Waals surface area contributed by atoms with E-state index in [2.05, 4.69) is 16.5 Å². The van der Waals surface area contributed by atoms with Crippen LogP contribution < -0.4 is 15.8 Å². The van der Waals surface area contributed by atoms with Gasteiger partial charge in [0.2, 0.25) is 5.91 Å². The van der Waals surface area contributed by atoms with Gasteiger partial charge in [-0.2, -0.15) is 5.10 Å². The highest BCUT2D eigenvalue weighted by molar-refractivity contribution is 5.95. The molecule has 0 bridgehead atoms. The Morgan fingerprint density at radius 2 is 1.93 bits per heavy atom. The fourth-order valence-corrected chi connectivity index (χ4v) is 5.65. The van der Waals surface area contributed by atoms with Crippen molar-refractivity contribution < 1.29 is 18.7 Å². The summed E-state index contributed by atoms with van der Waals surface area (Å²) in [5.41, 5.74) is 10.1. The van der Waals surface area contributed by atoms with E-state index in [1.807, 2.05) is 22.8 Å². The maximum absolute atomic E-state index is 13.7. The van der Waals surface area contributed by atoms with Gasteiger partial charge in [-0.1, -0.05) is 0 Å². The average Bonchev–Trinajstić information content (AvgIpc) is 3.89. The van der Waals surface area contributed by atoms with E-state index in [9.17, 15) is 14.0 Å². The molecule has 0 saturated heterocycles. The van der Waals surface area contributed by atoms with Crippen LogP contribution in [0.15, 0.2) is 54.7 Å². The third kappa shape index (κ3) is 4.29. The molecule has 3 N–H and O–H groups in total. The highest BCUT2D eigenvalue weighted by atomic mass is 19.1. The second kappa shape index (κ2) is 9.15. The minimum absolute atomic E-state index is 0.0636. The van der Waals surface area contributed by atoms with Crippen molar-refractivity contribution in [2.75, 3.05) is 13.2 Å². The number of fused-ring (bicyclic) bond motifs is 2. The van der Waals surface area contributed by atoms with E-state index in [1.165, 1.54) is 25.0 Å². The third-order valence-corrected chi connectivity index (χ3v) is 8.55. The van der Waals surface area contributed by atoms with Gasteiger partial charge in [0.25, 0.3) is 5.91 Å². The summed E-state index contributed by atoms with van der Waals surface area (Å²) in [4.78, 5) is 30.7. The predicted octanol–water partition coefficient (Wildman–Crippen LogP) is 4.47. The molecular weight excluding hydrogens is 509 g/mol. The number of nitrogens with one attached hydrogen (secondary N) is 1. The SMILES string of the molecule is C[C@]1(C(N)=O)COc2c1cc([C@@H](CNC(=O)c1ccn3nc(C4CC4)cc3c1)C1CC1)nc2-c1ccc(F)cc1. The summed E-state index contributed by atoms with van der Waals surface area (Å²) in [6.07, 6.45) is 6.23. The minimum atomic E-state index is -1.01. The van der Waals surface area contributed by atoms with Crippen molar-refractivity contribution in [3.63, 3.8) is 0 Å². The summed E-state index contributed by atoms with van der Waals surface area (Å²) in [6.45, 7) is 2.28. The Labute approximate surface area is 230 Å². The molecule has 40 heavy (non-hydrogen) atoms. The van der Waals surface area contributed by atoms with Gasteiger partial charge in [-0.3, -0.25) is 9.59 Å². The molecule has 2 saturated carbocycles. The van der Waals surface area contributed by atoms with Gasteiger partial charge in [-0.05, 0) is 87.1 Å². The molecule has 2 amide bonds. The molecule has 3 aromatic heterocycles. The highest BCUT2D eigenvalue weighted by Gasteiger charge is 2.45. The lowest BCUT2D eigenvalue weighted by molar-refractivity contribution is -0.123. The smallest absolute Gasteiger partial charge is 0.251 e. The lowest BCUT2D eigenvalue weighted by Crippen LogP contribution is -2.40. The lowest BCUT2D eigenvalue weighted by atomic mass is 9.82. The summed E-state index contributed by atoms with van der Waals surface area (Å²) < 4.78 is 21.5. The molecule has 0 unspecified atom stereocenters. The van der Waals surface area contributed by atoms with Crippen molar-refractivity contribution in [2.24, 2.45) is 11.7 Å². The number of ether oxygens (including phenoxy) is 1. The Bertz CT molecular complexity index is 1660. The predicted molar refractivity (Wildman–Crippen MR) is 147 cm³/mol. The van der Waals surface area contributed by atoms with Crippen LogP contribution >= 0.6 is 0 Å². The molecule has 8 nitrogen and oxygen atoms in total. The number of amides is 2. The van der Waals surface area contributed by atoms with Gasteiger partial charge in [-0.25, -0.2) is 13.9 Å². The Morgan fingerprint density at radius 1 is 1.15 bits per heavy atom. The zero-order valence-electron chi connectivity index (χ0n) is 22.2. The van der Waals surface area contributed by atoms with E-state index in [-0.39, 0.29) is 24.2 Å². The van der Waals surface area contributed by atoms with Crippen molar-refractivity contribution in [3.05, 3.63) is 83.1 Å². The monoisotopic (exact) mass is 539 g/mol. The molecule has 1 aliphatic heterocycles. The van der Waals surface area contributed by atoms with Crippen LogP contribution in [-0.4, -0.2) is 39.6 Å². The van der Waals surface area contributed by atoms with Crippen LogP contribution in [0.25, 0.3) is 16.8 Å². The van der Waals surface area contributed by atoms with E-state index in [1.54, 1.807) is 25.1 Å².